The molecule has 6 saturated heterocycles. The van der Waals surface area contributed by atoms with Crippen molar-refractivity contribution < 1.29 is 94.5 Å². The van der Waals surface area contributed by atoms with Crippen molar-refractivity contribution in [2.75, 3.05) is 20.3 Å². The first kappa shape index (κ1) is 61.3. The third-order valence-electron chi connectivity index (χ3n) is 15.7. The standard InChI is InChI=1S/C49H77N2O22P3/c1-9-10-11-12-16-38-47(5,57)21-17-34-35(66-38)18-22-48(6)40(67-34)26-36-44(71-48)32(52)27-49(7)39(68-36)25-31(4)33(70-49)15-13-14-29(2)30(3)20-24-64-74(58,59)72-75(60,61)73-76(62,63-8)65-28-37-42(54)43(55)45(69-37)51-23-19-41(53)50-46(51)56/h9-11,14,19-20,23,31-40,42-45,52,54-55,57H,1,12-13,15-18,21-22,24-28H2,2-8H3,(H,58,59)(H,60,61)(H,50,53,56)/b11-10-,29-14+,30-20+. The van der Waals surface area contributed by atoms with Crippen LogP contribution in [0.15, 0.2) is 70.0 Å². The molecule has 24 nitrogen and oxygen atoms in total. The molecule has 0 radical (unpaired) electrons. The van der Waals surface area contributed by atoms with Gasteiger partial charge in [-0.2, -0.15) is 8.62 Å². The van der Waals surface area contributed by atoms with Crippen LogP contribution in [0.3, 0.4) is 0 Å². The summed E-state index contributed by atoms with van der Waals surface area (Å²) in [5.74, 6) is 0.0972. The second-order valence-corrected chi connectivity index (χ2v) is 26.4. The Balaban J connectivity index is 0.877. The molecule has 6 fully saturated rings. The number of hydrogen-bond acceptors (Lipinski definition) is 20. The zero-order chi connectivity index (χ0) is 55.6. The van der Waals surface area contributed by atoms with Crippen molar-refractivity contribution in [2.24, 2.45) is 5.92 Å². The van der Waals surface area contributed by atoms with Gasteiger partial charge < -0.3 is 58.6 Å². The molecule has 0 bridgehead atoms. The van der Waals surface area contributed by atoms with Gasteiger partial charge in [0.05, 0.1) is 78.8 Å². The molecule has 1 aromatic rings. The number of fused-ring (bicyclic) bond motifs is 4. The number of H-pyrrole nitrogens is 1. The molecular weight excluding hydrogens is 1060 g/mol. The SMILES string of the molecule is C=C/C=C\CCC1OC2CCC3(C)OC4C(O)CC5(C)OC(CC/C=C(C)/C(C)=C/COP(=O)(O)OP(=O)(O)OP(=O)(OC)OCC6OC(n7ccc(=O)[nH]c7=O)C(O)C6O)C(C)CC5OC4CC3OC2CCC1(C)O. The molecule has 0 aliphatic carbocycles. The Bertz CT molecular complexity index is 2550. The Morgan fingerprint density at radius 2 is 1.53 bits per heavy atom. The average molecular weight is 1140 g/mol. The van der Waals surface area contributed by atoms with Crippen LogP contribution in [0.25, 0.3) is 0 Å². The van der Waals surface area contributed by atoms with E-state index >= 15 is 0 Å². The van der Waals surface area contributed by atoms with Crippen molar-refractivity contribution in [1.29, 1.82) is 0 Å². The van der Waals surface area contributed by atoms with E-state index in [2.05, 4.69) is 33.6 Å². The van der Waals surface area contributed by atoms with Gasteiger partial charge >= 0.3 is 29.2 Å². The Hall–Kier alpha value is -2.35. The number of phosphoric acid groups is 3. The van der Waals surface area contributed by atoms with Crippen molar-refractivity contribution in [2.45, 2.75) is 208 Å². The number of ether oxygens (including phenoxy) is 6. The summed E-state index contributed by atoms with van der Waals surface area (Å²) < 4.78 is 102. The summed E-state index contributed by atoms with van der Waals surface area (Å²) in [5.41, 5.74) is -2.78. The molecule has 430 valence electrons. The van der Waals surface area contributed by atoms with Gasteiger partial charge in [-0.25, -0.2) is 18.5 Å². The lowest BCUT2D eigenvalue weighted by molar-refractivity contribution is -0.273. The molecule has 0 amide bonds. The molecule has 1 aromatic heterocycles. The lowest BCUT2D eigenvalue weighted by atomic mass is 9.79. The van der Waals surface area contributed by atoms with Gasteiger partial charge in [-0.3, -0.25) is 27.9 Å². The number of aliphatic hydroxyl groups is 4. The van der Waals surface area contributed by atoms with E-state index in [9.17, 15) is 53.5 Å². The maximum Gasteiger partial charge on any atom is 0.490 e. The van der Waals surface area contributed by atoms with Crippen LogP contribution in [-0.2, 0) is 64.3 Å². The van der Waals surface area contributed by atoms with Crippen LogP contribution in [0, 0.1) is 5.92 Å². The molecule has 0 spiro atoms. The Morgan fingerprint density at radius 1 is 0.842 bits per heavy atom. The monoisotopic (exact) mass is 1140 g/mol. The molecule has 0 saturated carbocycles. The highest BCUT2D eigenvalue weighted by Gasteiger charge is 2.59. The Kier molecular flexibility index (Phi) is 20.0. The highest BCUT2D eigenvalue weighted by Crippen LogP contribution is 2.69. The van der Waals surface area contributed by atoms with Gasteiger partial charge in [0.25, 0.3) is 5.56 Å². The van der Waals surface area contributed by atoms with Crippen molar-refractivity contribution >= 4 is 23.5 Å². The van der Waals surface area contributed by atoms with E-state index in [4.69, 9.17) is 37.5 Å². The Morgan fingerprint density at radius 3 is 2.24 bits per heavy atom. The van der Waals surface area contributed by atoms with Crippen molar-refractivity contribution in [1.82, 2.24) is 9.55 Å². The molecule has 7 heterocycles. The molecule has 76 heavy (non-hydrogen) atoms. The normalized spacial score (nSPS) is 40.7. The van der Waals surface area contributed by atoms with Gasteiger partial charge in [-0.1, -0.05) is 55.0 Å². The molecule has 7 rings (SSSR count). The summed E-state index contributed by atoms with van der Waals surface area (Å²) >= 11 is 0. The van der Waals surface area contributed by atoms with E-state index in [0.717, 1.165) is 35.9 Å². The average Bonchev–Trinajstić information content (AvgIpc) is 3.40. The number of aromatic nitrogens is 2. The summed E-state index contributed by atoms with van der Waals surface area (Å²) in [7, 11) is -15.5. The van der Waals surface area contributed by atoms with Crippen LogP contribution in [0.5, 0.6) is 0 Å². The first-order valence-electron chi connectivity index (χ1n) is 25.8. The summed E-state index contributed by atoms with van der Waals surface area (Å²) in [6.07, 6.45) is 6.69. The number of allylic oxidation sites excluding steroid dienone is 6. The number of hydrogen-bond donors (Lipinski definition) is 7. The van der Waals surface area contributed by atoms with E-state index in [-0.39, 0.29) is 42.5 Å². The second-order valence-electron chi connectivity index (χ2n) is 21.5. The maximum absolute atomic E-state index is 13.1. The summed E-state index contributed by atoms with van der Waals surface area (Å²) in [5, 5.41) is 44.2. The number of nitrogens with one attached hydrogen (secondary N) is 1. The molecule has 27 heteroatoms. The van der Waals surface area contributed by atoms with E-state index in [1.165, 1.54) is 6.08 Å². The fourth-order valence-corrected chi connectivity index (χ4v) is 14.9. The molecule has 7 N–H and O–H groups in total. The van der Waals surface area contributed by atoms with Crippen LogP contribution in [-0.4, -0.2) is 150 Å². The molecule has 0 aromatic carbocycles. The number of aromatic amines is 1. The van der Waals surface area contributed by atoms with Crippen LogP contribution in [0.2, 0.25) is 0 Å². The fourth-order valence-electron chi connectivity index (χ4n) is 11.1. The van der Waals surface area contributed by atoms with Gasteiger partial charge in [-0.15, -0.1) is 0 Å². The maximum atomic E-state index is 13.1. The van der Waals surface area contributed by atoms with Crippen molar-refractivity contribution in [3.05, 3.63) is 81.2 Å². The third kappa shape index (κ3) is 14.8. The largest absolute Gasteiger partial charge is 0.490 e. The minimum absolute atomic E-state index is 0.0972. The topological polar surface area (TPSA) is 329 Å². The quantitative estimate of drug-likeness (QED) is 0.0629. The van der Waals surface area contributed by atoms with E-state index in [1.54, 1.807) is 13.0 Å². The summed E-state index contributed by atoms with van der Waals surface area (Å²) in [6, 6.07) is 0.962. The first-order valence-corrected chi connectivity index (χ1v) is 30.2. The molecular formula is C49H77N2O22P3. The molecule has 20 unspecified atom stereocenters. The minimum Gasteiger partial charge on any atom is -0.390 e. The molecule has 20 atom stereocenters. The van der Waals surface area contributed by atoms with Crippen LogP contribution in [0.1, 0.15) is 118 Å². The van der Waals surface area contributed by atoms with Crippen LogP contribution in [0.4, 0.5) is 0 Å². The highest BCUT2D eigenvalue weighted by atomic mass is 31.3. The number of nitrogens with zero attached hydrogens (tertiary/aromatic N) is 1. The smallest absolute Gasteiger partial charge is 0.390 e. The summed E-state index contributed by atoms with van der Waals surface area (Å²) in [4.78, 5) is 46.1. The minimum atomic E-state index is -5.75. The molecule has 6 aliphatic rings. The van der Waals surface area contributed by atoms with Gasteiger partial charge in [-0.05, 0) is 98.3 Å². The van der Waals surface area contributed by atoms with Gasteiger partial charge in [0.1, 0.15) is 24.4 Å². The lowest BCUT2D eigenvalue weighted by Gasteiger charge is -2.49. The number of aliphatic hydroxyl groups excluding tert-OH is 3. The zero-order valence-corrected chi connectivity index (χ0v) is 46.7. The fraction of sp³-hybridized carbons (Fsp3) is 0.755. The van der Waals surface area contributed by atoms with E-state index < -0.39 is 108 Å². The predicted octanol–water partition coefficient (Wildman–Crippen LogP) is 5.47. The number of rotatable bonds is 20. The first-order chi connectivity index (χ1) is 35.6. The second kappa shape index (κ2) is 24.8. The van der Waals surface area contributed by atoms with Crippen LogP contribution < -0.4 is 11.2 Å². The van der Waals surface area contributed by atoms with Crippen LogP contribution >= 0.6 is 23.5 Å². The zero-order valence-electron chi connectivity index (χ0n) is 44.0. The molecule has 6 aliphatic heterocycles. The lowest BCUT2D eigenvalue weighted by Crippen LogP contribution is -2.59. The Labute approximate surface area is 442 Å². The highest BCUT2D eigenvalue weighted by molar-refractivity contribution is 7.67. The van der Waals surface area contributed by atoms with Gasteiger partial charge in [0.2, 0.25) is 0 Å². The van der Waals surface area contributed by atoms with E-state index in [1.807, 2.05) is 44.0 Å². The predicted molar refractivity (Wildman–Crippen MR) is 272 cm³/mol. The van der Waals surface area contributed by atoms with E-state index in [0.29, 0.717) is 69.8 Å². The third-order valence-corrected chi connectivity index (χ3v) is 20.4. The van der Waals surface area contributed by atoms with Crippen molar-refractivity contribution in [3.63, 3.8) is 0 Å². The summed E-state index contributed by atoms with van der Waals surface area (Å²) in [6.45, 7) is 13.8. The van der Waals surface area contributed by atoms with Crippen molar-refractivity contribution in [3.8, 4) is 0 Å². The van der Waals surface area contributed by atoms with Gasteiger partial charge in [0.15, 0.2) is 6.23 Å². The number of phosphoric ester groups is 2. The van der Waals surface area contributed by atoms with Gasteiger partial charge in [0, 0.05) is 32.2 Å².